The van der Waals surface area contributed by atoms with Crippen molar-refractivity contribution in [3.05, 3.63) is 54.2 Å². The lowest BCUT2D eigenvalue weighted by molar-refractivity contribution is 0.0729. The van der Waals surface area contributed by atoms with Crippen LogP contribution in [0.4, 0.5) is 5.69 Å². The van der Waals surface area contributed by atoms with Gasteiger partial charge in [0.05, 0.1) is 33.1 Å². The van der Waals surface area contributed by atoms with Crippen LogP contribution in [0.3, 0.4) is 0 Å². The summed E-state index contributed by atoms with van der Waals surface area (Å²) in [5.41, 5.74) is 1.79. The summed E-state index contributed by atoms with van der Waals surface area (Å²) in [4.78, 5) is 12.6. The number of anilines is 1. The van der Waals surface area contributed by atoms with Crippen molar-refractivity contribution < 1.29 is 27.4 Å². The first-order valence-electron chi connectivity index (χ1n) is 10.2. The highest BCUT2D eigenvalue weighted by Crippen LogP contribution is 2.32. The predicted octanol–water partition coefficient (Wildman–Crippen LogP) is 2.37. The zero-order valence-corrected chi connectivity index (χ0v) is 19.0. The largest absolute Gasteiger partial charge is 0.497 e. The zero-order chi connectivity index (χ0) is 23.4. The summed E-state index contributed by atoms with van der Waals surface area (Å²) in [5, 5.41) is 9.67. The minimum Gasteiger partial charge on any atom is -0.497 e. The molecule has 2 N–H and O–H groups in total. The van der Waals surface area contributed by atoms with Gasteiger partial charge in [-0.1, -0.05) is 0 Å². The Bertz CT molecular complexity index is 1230. The first-order chi connectivity index (χ1) is 15.9. The van der Waals surface area contributed by atoms with Crippen molar-refractivity contribution in [2.75, 3.05) is 45.8 Å². The maximum absolute atomic E-state index is 13.2. The number of nitrogens with zero attached hydrogens (tertiary/aromatic N) is 2. The average molecular weight is 473 g/mol. The van der Waals surface area contributed by atoms with E-state index in [2.05, 4.69) is 15.5 Å². The van der Waals surface area contributed by atoms with Gasteiger partial charge in [0.25, 0.3) is 5.91 Å². The number of sulfonamides is 1. The fourth-order valence-electron chi connectivity index (χ4n) is 3.42. The number of amides is 1. The van der Waals surface area contributed by atoms with Crippen molar-refractivity contribution in [2.24, 2.45) is 0 Å². The van der Waals surface area contributed by atoms with Gasteiger partial charge in [-0.3, -0.25) is 9.89 Å². The van der Waals surface area contributed by atoms with Crippen LogP contribution in [0.5, 0.6) is 11.5 Å². The highest BCUT2D eigenvalue weighted by molar-refractivity contribution is 7.89. The molecular weight excluding hydrogens is 448 g/mol. The number of H-pyrrole nitrogens is 1. The number of aromatic amines is 1. The quantitative estimate of drug-likeness (QED) is 0.541. The van der Waals surface area contributed by atoms with E-state index in [-0.39, 0.29) is 35.3 Å². The Morgan fingerprint density at radius 3 is 2.45 bits per heavy atom. The molecule has 0 unspecified atom stereocenters. The molecule has 0 aliphatic carbocycles. The van der Waals surface area contributed by atoms with E-state index in [0.29, 0.717) is 35.9 Å². The summed E-state index contributed by atoms with van der Waals surface area (Å²) in [7, 11) is -0.804. The Balaban J connectivity index is 1.58. The van der Waals surface area contributed by atoms with Crippen LogP contribution in [0.2, 0.25) is 0 Å². The van der Waals surface area contributed by atoms with Crippen molar-refractivity contribution in [2.45, 2.75) is 4.90 Å². The predicted molar refractivity (Wildman–Crippen MR) is 121 cm³/mol. The van der Waals surface area contributed by atoms with E-state index in [0.717, 1.165) is 0 Å². The first kappa shape index (κ1) is 22.8. The first-order valence-corrected chi connectivity index (χ1v) is 11.6. The van der Waals surface area contributed by atoms with Crippen LogP contribution in [-0.4, -0.2) is 69.4 Å². The highest BCUT2D eigenvalue weighted by atomic mass is 32.2. The number of hydrogen-bond acceptors (Lipinski definition) is 7. The number of morpholine rings is 1. The lowest BCUT2D eigenvalue weighted by atomic mass is 10.1. The fraction of sp³-hybridized carbons (Fsp3) is 0.273. The van der Waals surface area contributed by atoms with Gasteiger partial charge in [-0.15, -0.1) is 0 Å². The van der Waals surface area contributed by atoms with Crippen molar-refractivity contribution in [3.63, 3.8) is 0 Å². The van der Waals surface area contributed by atoms with Crippen LogP contribution >= 0.6 is 0 Å². The van der Waals surface area contributed by atoms with Crippen LogP contribution in [-0.2, 0) is 14.8 Å². The molecule has 2 heterocycles. The zero-order valence-electron chi connectivity index (χ0n) is 18.2. The van der Waals surface area contributed by atoms with Crippen molar-refractivity contribution >= 4 is 21.6 Å². The van der Waals surface area contributed by atoms with Crippen molar-refractivity contribution in [3.8, 4) is 22.8 Å². The molecule has 1 fully saturated rings. The number of rotatable bonds is 7. The molecule has 4 rings (SSSR count). The maximum Gasteiger partial charge on any atom is 0.273 e. The number of hydrogen-bond donors (Lipinski definition) is 2. The van der Waals surface area contributed by atoms with Gasteiger partial charge in [0.15, 0.2) is 0 Å². The Kier molecular flexibility index (Phi) is 6.63. The Morgan fingerprint density at radius 1 is 1.06 bits per heavy atom. The Hall–Kier alpha value is -3.41. The second-order valence-electron chi connectivity index (χ2n) is 7.23. The van der Waals surface area contributed by atoms with Crippen molar-refractivity contribution in [1.82, 2.24) is 14.5 Å². The molecule has 1 amide bonds. The lowest BCUT2D eigenvalue weighted by Gasteiger charge is -2.26. The third kappa shape index (κ3) is 4.85. The van der Waals surface area contributed by atoms with Crippen LogP contribution in [0.25, 0.3) is 11.3 Å². The van der Waals surface area contributed by atoms with Crippen LogP contribution in [0, 0.1) is 0 Å². The number of aromatic nitrogens is 2. The molecule has 1 aliphatic rings. The van der Waals surface area contributed by atoms with Gasteiger partial charge >= 0.3 is 0 Å². The standard InChI is InChI=1S/C22H24N4O6S/c1-30-17-6-4-16(5-7-17)23-22(27)19-14-18(24-25-19)15-3-8-20(31-2)21(13-15)33(28,29)26-9-11-32-12-10-26/h3-8,13-14H,9-12H2,1-2H3,(H,23,27)(H,24,25). The van der Waals surface area contributed by atoms with Gasteiger partial charge < -0.3 is 19.5 Å². The van der Waals surface area contributed by atoms with Gasteiger partial charge in [-0.05, 0) is 48.5 Å². The summed E-state index contributed by atoms with van der Waals surface area (Å²) in [6.07, 6.45) is 0. The van der Waals surface area contributed by atoms with E-state index >= 15 is 0 Å². The van der Waals surface area contributed by atoms with Crippen LogP contribution in [0.15, 0.2) is 53.4 Å². The van der Waals surface area contributed by atoms with E-state index in [4.69, 9.17) is 14.2 Å². The highest BCUT2D eigenvalue weighted by Gasteiger charge is 2.30. The number of ether oxygens (including phenoxy) is 3. The lowest BCUT2D eigenvalue weighted by Crippen LogP contribution is -2.40. The fourth-order valence-corrected chi connectivity index (χ4v) is 5.01. The molecular formula is C22H24N4O6S. The number of carbonyl (C=O) groups excluding carboxylic acids is 1. The molecule has 174 valence electrons. The number of nitrogens with one attached hydrogen (secondary N) is 2. The molecule has 11 heteroatoms. The van der Waals surface area contributed by atoms with Crippen molar-refractivity contribution in [1.29, 1.82) is 0 Å². The number of benzene rings is 2. The third-order valence-electron chi connectivity index (χ3n) is 5.22. The van der Waals surface area contributed by atoms with E-state index in [9.17, 15) is 13.2 Å². The van der Waals surface area contributed by atoms with E-state index in [1.165, 1.54) is 17.5 Å². The summed E-state index contributed by atoms with van der Waals surface area (Å²) in [5.74, 6) is 0.533. The normalized spacial score (nSPS) is 14.6. The molecule has 1 saturated heterocycles. The summed E-state index contributed by atoms with van der Waals surface area (Å²) in [6.45, 7) is 1.22. The topological polar surface area (TPSA) is 123 Å². The third-order valence-corrected chi connectivity index (χ3v) is 7.14. The van der Waals surface area contributed by atoms with E-state index in [1.54, 1.807) is 49.6 Å². The van der Waals surface area contributed by atoms with Crippen LogP contribution in [0.1, 0.15) is 10.5 Å². The van der Waals surface area contributed by atoms with E-state index < -0.39 is 10.0 Å². The van der Waals surface area contributed by atoms with Crippen LogP contribution < -0.4 is 14.8 Å². The minimum absolute atomic E-state index is 0.0386. The average Bonchev–Trinajstić information content (AvgIpc) is 3.35. The van der Waals surface area contributed by atoms with Gasteiger partial charge in [0.2, 0.25) is 10.0 Å². The SMILES string of the molecule is COc1ccc(NC(=O)c2cc(-c3ccc(OC)c(S(=O)(=O)N4CCOCC4)c3)n[nH]2)cc1. The molecule has 2 aromatic carbocycles. The molecule has 0 spiro atoms. The molecule has 1 aliphatic heterocycles. The molecule has 0 atom stereocenters. The molecule has 3 aromatic rings. The summed E-state index contributed by atoms with van der Waals surface area (Å²) < 4.78 is 43.5. The van der Waals surface area contributed by atoms with Gasteiger partial charge in [0.1, 0.15) is 22.1 Å². The van der Waals surface area contributed by atoms with Gasteiger partial charge in [0, 0.05) is 24.3 Å². The number of carbonyl (C=O) groups is 1. The molecule has 0 radical (unpaired) electrons. The maximum atomic E-state index is 13.2. The second kappa shape index (κ2) is 9.61. The van der Waals surface area contributed by atoms with E-state index in [1.807, 2.05) is 0 Å². The monoisotopic (exact) mass is 472 g/mol. The van der Waals surface area contributed by atoms with Gasteiger partial charge in [-0.2, -0.15) is 9.40 Å². The van der Waals surface area contributed by atoms with Gasteiger partial charge in [-0.25, -0.2) is 8.42 Å². The molecule has 10 nitrogen and oxygen atoms in total. The minimum atomic E-state index is -3.79. The molecule has 0 bridgehead atoms. The molecule has 33 heavy (non-hydrogen) atoms. The number of methoxy groups -OCH3 is 2. The Morgan fingerprint density at radius 2 is 1.79 bits per heavy atom. The summed E-state index contributed by atoms with van der Waals surface area (Å²) >= 11 is 0. The second-order valence-corrected chi connectivity index (χ2v) is 9.14. The Labute approximate surface area is 191 Å². The summed E-state index contributed by atoms with van der Waals surface area (Å²) in [6, 6.07) is 13.3. The molecule has 0 saturated carbocycles. The molecule has 1 aromatic heterocycles. The smallest absolute Gasteiger partial charge is 0.273 e.